The fourth-order valence-corrected chi connectivity index (χ4v) is 3.85. The summed E-state index contributed by atoms with van der Waals surface area (Å²) < 4.78 is 2.14. The molecule has 0 fully saturated rings. The molecule has 1 heterocycles. The molecule has 0 saturated carbocycles. The highest BCUT2D eigenvalue weighted by Crippen LogP contribution is 2.27. The molecule has 29 heavy (non-hydrogen) atoms. The SMILES string of the molecule is Cc1nccn1Cc1cccc(CN=C(N)Nc2cccc3c2CCCC3)c1.I. The van der Waals surface area contributed by atoms with Crippen LogP contribution in [0.25, 0.3) is 0 Å². The number of nitrogens with one attached hydrogen (secondary N) is 1. The quantitative estimate of drug-likeness (QED) is 0.304. The van der Waals surface area contributed by atoms with Gasteiger partial charge in [-0.2, -0.15) is 0 Å². The number of rotatable bonds is 5. The molecule has 0 saturated heterocycles. The highest BCUT2D eigenvalue weighted by molar-refractivity contribution is 14.0. The Bertz CT molecular complexity index is 992. The fourth-order valence-electron chi connectivity index (χ4n) is 3.85. The molecule has 0 unspecified atom stereocenters. The van der Waals surface area contributed by atoms with Crippen LogP contribution in [0.3, 0.4) is 0 Å². The Morgan fingerprint density at radius 1 is 1.14 bits per heavy atom. The lowest BCUT2D eigenvalue weighted by molar-refractivity contribution is 0.687. The smallest absolute Gasteiger partial charge is 0.193 e. The Hall–Kier alpha value is -2.35. The number of nitrogens with zero attached hydrogens (tertiary/aromatic N) is 3. The largest absolute Gasteiger partial charge is 0.370 e. The van der Waals surface area contributed by atoms with Gasteiger partial charge in [0, 0.05) is 24.6 Å². The van der Waals surface area contributed by atoms with Gasteiger partial charge in [-0.1, -0.05) is 36.4 Å². The van der Waals surface area contributed by atoms with Crippen LogP contribution in [-0.2, 0) is 25.9 Å². The Labute approximate surface area is 189 Å². The third-order valence-electron chi connectivity index (χ3n) is 5.36. The van der Waals surface area contributed by atoms with Gasteiger partial charge in [-0.15, -0.1) is 24.0 Å². The number of halogens is 1. The molecule has 1 aromatic heterocycles. The summed E-state index contributed by atoms with van der Waals surface area (Å²) in [5.41, 5.74) is 12.5. The number of aliphatic imine (C=N–C) groups is 1. The van der Waals surface area contributed by atoms with E-state index >= 15 is 0 Å². The zero-order valence-electron chi connectivity index (χ0n) is 16.8. The van der Waals surface area contributed by atoms with E-state index in [0.717, 1.165) is 36.5 Å². The first-order chi connectivity index (χ1) is 13.7. The fraction of sp³-hybridized carbons (Fsp3) is 0.304. The summed E-state index contributed by atoms with van der Waals surface area (Å²) >= 11 is 0. The molecule has 152 valence electrons. The first kappa shape index (κ1) is 21.4. The average Bonchev–Trinajstić information content (AvgIpc) is 3.11. The van der Waals surface area contributed by atoms with Crippen LogP contribution < -0.4 is 11.1 Å². The zero-order chi connectivity index (χ0) is 19.3. The van der Waals surface area contributed by atoms with Gasteiger partial charge < -0.3 is 15.6 Å². The van der Waals surface area contributed by atoms with Gasteiger partial charge in [0.25, 0.3) is 0 Å². The maximum absolute atomic E-state index is 6.18. The topological polar surface area (TPSA) is 68.2 Å². The Balaban J connectivity index is 0.00000240. The number of hydrogen-bond donors (Lipinski definition) is 2. The summed E-state index contributed by atoms with van der Waals surface area (Å²) in [6, 6.07) is 14.9. The molecule has 0 radical (unpaired) electrons. The van der Waals surface area contributed by atoms with Gasteiger partial charge in [0.05, 0.1) is 6.54 Å². The number of guanidine groups is 1. The minimum absolute atomic E-state index is 0. The van der Waals surface area contributed by atoms with Crippen molar-refractivity contribution in [2.45, 2.75) is 45.7 Å². The van der Waals surface area contributed by atoms with Gasteiger partial charge in [0.15, 0.2) is 5.96 Å². The van der Waals surface area contributed by atoms with Gasteiger partial charge in [0.2, 0.25) is 0 Å². The second-order valence-corrected chi connectivity index (χ2v) is 7.40. The zero-order valence-corrected chi connectivity index (χ0v) is 19.1. The third-order valence-corrected chi connectivity index (χ3v) is 5.36. The van der Waals surface area contributed by atoms with Crippen molar-refractivity contribution in [2.75, 3.05) is 5.32 Å². The first-order valence-electron chi connectivity index (χ1n) is 9.92. The van der Waals surface area contributed by atoms with E-state index in [-0.39, 0.29) is 24.0 Å². The Morgan fingerprint density at radius 3 is 2.76 bits per heavy atom. The van der Waals surface area contributed by atoms with E-state index in [1.807, 2.05) is 19.3 Å². The summed E-state index contributed by atoms with van der Waals surface area (Å²) in [6.07, 6.45) is 8.62. The second-order valence-electron chi connectivity index (χ2n) is 7.40. The van der Waals surface area contributed by atoms with E-state index in [9.17, 15) is 0 Å². The van der Waals surface area contributed by atoms with E-state index < -0.39 is 0 Å². The van der Waals surface area contributed by atoms with Crippen LogP contribution in [0.15, 0.2) is 59.9 Å². The number of anilines is 1. The van der Waals surface area contributed by atoms with Crippen LogP contribution in [0.1, 0.15) is 40.9 Å². The van der Waals surface area contributed by atoms with Gasteiger partial charge in [0.1, 0.15) is 5.82 Å². The molecule has 1 aliphatic rings. The maximum atomic E-state index is 6.18. The molecule has 0 amide bonds. The van der Waals surface area contributed by atoms with Crippen LogP contribution in [-0.4, -0.2) is 15.5 Å². The molecule has 3 N–H and O–H groups in total. The average molecular weight is 501 g/mol. The summed E-state index contributed by atoms with van der Waals surface area (Å²) in [4.78, 5) is 8.84. The van der Waals surface area contributed by atoms with Crippen molar-refractivity contribution in [2.24, 2.45) is 10.7 Å². The van der Waals surface area contributed by atoms with Crippen molar-refractivity contribution in [3.8, 4) is 0 Å². The molecule has 3 aromatic rings. The maximum Gasteiger partial charge on any atom is 0.193 e. The van der Waals surface area contributed by atoms with Crippen LogP contribution in [0.2, 0.25) is 0 Å². The Morgan fingerprint density at radius 2 is 1.93 bits per heavy atom. The molecule has 0 aliphatic heterocycles. The molecule has 5 nitrogen and oxygen atoms in total. The Kier molecular flexibility index (Phi) is 7.30. The number of aromatic nitrogens is 2. The molecular weight excluding hydrogens is 473 g/mol. The summed E-state index contributed by atoms with van der Waals surface area (Å²) in [7, 11) is 0. The molecule has 4 rings (SSSR count). The van der Waals surface area contributed by atoms with Gasteiger partial charge >= 0.3 is 0 Å². The number of imidazole rings is 1. The molecule has 6 heteroatoms. The lowest BCUT2D eigenvalue weighted by atomic mass is 9.90. The number of aryl methyl sites for hydroxylation is 2. The van der Waals surface area contributed by atoms with Crippen molar-refractivity contribution in [1.29, 1.82) is 0 Å². The number of fused-ring (bicyclic) bond motifs is 1. The monoisotopic (exact) mass is 501 g/mol. The minimum Gasteiger partial charge on any atom is -0.370 e. The standard InChI is InChI=1S/C23H27N5.HI/c1-17-25-12-13-28(17)16-19-7-4-6-18(14-19)15-26-23(24)27-22-11-5-9-20-8-2-3-10-21(20)22;/h4-7,9,11-14H,2-3,8,10,15-16H2,1H3,(H3,24,26,27);1H. The van der Waals surface area contributed by atoms with Crippen LogP contribution in [0.5, 0.6) is 0 Å². The van der Waals surface area contributed by atoms with E-state index in [4.69, 9.17) is 5.73 Å². The molecule has 0 bridgehead atoms. The van der Waals surface area contributed by atoms with E-state index in [2.05, 4.69) is 62.3 Å². The predicted octanol–water partition coefficient (Wildman–Crippen LogP) is 4.66. The molecule has 1 aliphatic carbocycles. The van der Waals surface area contributed by atoms with Gasteiger partial charge in [-0.3, -0.25) is 0 Å². The van der Waals surface area contributed by atoms with Crippen LogP contribution in [0.4, 0.5) is 5.69 Å². The van der Waals surface area contributed by atoms with Crippen molar-refractivity contribution >= 4 is 35.6 Å². The molecular formula is C23H28IN5. The number of benzene rings is 2. The third kappa shape index (κ3) is 5.38. The van der Waals surface area contributed by atoms with E-state index in [1.165, 1.54) is 29.5 Å². The van der Waals surface area contributed by atoms with Crippen LogP contribution in [0, 0.1) is 6.92 Å². The summed E-state index contributed by atoms with van der Waals surface area (Å²) in [5.74, 6) is 1.48. The highest BCUT2D eigenvalue weighted by Gasteiger charge is 2.13. The highest BCUT2D eigenvalue weighted by atomic mass is 127. The van der Waals surface area contributed by atoms with Crippen molar-refractivity contribution < 1.29 is 0 Å². The molecule has 0 spiro atoms. The van der Waals surface area contributed by atoms with Crippen molar-refractivity contribution in [1.82, 2.24) is 9.55 Å². The summed E-state index contributed by atoms with van der Waals surface area (Å²) in [6.45, 7) is 3.39. The lowest BCUT2D eigenvalue weighted by Gasteiger charge is -2.19. The van der Waals surface area contributed by atoms with Gasteiger partial charge in [-0.05, 0) is 60.9 Å². The van der Waals surface area contributed by atoms with Gasteiger partial charge in [-0.25, -0.2) is 9.98 Å². The minimum atomic E-state index is 0. The lowest BCUT2D eigenvalue weighted by Crippen LogP contribution is -2.24. The number of nitrogens with two attached hydrogens (primary N) is 1. The normalized spacial score (nSPS) is 13.5. The predicted molar refractivity (Wildman–Crippen MR) is 130 cm³/mol. The second kappa shape index (κ2) is 9.91. The summed E-state index contributed by atoms with van der Waals surface area (Å²) in [5, 5.41) is 3.31. The van der Waals surface area contributed by atoms with Crippen molar-refractivity contribution in [3.05, 3.63) is 82.9 Å². The molecule has 2 aromatic carbocycles. The van der Waals surface area contributed by atoms with E-state index in [0.29, 0.717) is 12.5 Å². The van der Waals surface area contributed by atoms with Crippen molar-refractivity contribution in [3.63, 3.8) is 0 Å². The number of hydrogen-bond acceptors (Lipinski definition) is 2. The van der Waals surface area contributed by atoms with E-state index in [1.54, 1.807) is 0 Å². The van der Waals surface area contributed by atoms with Crippen LogP contribution >= 0.6 is 24.0 Å². The first-order valence-corrected chi connectivity index (χ1v) is 9.92. The molecule has 0 atom stereocenters.